The monoisotopic (exact) mass is 399 g/mol. The molecule has 4 heteroatoms. The highest BCUT2D eigenvalue weighted by molar-refractivity contribution is 9.10. The molecule has 0 unspecified atom stereocenters. The fourth-order valence-electron chi connectivity index (χ4n) is 2.88. The standard InChI is InChI=1S/C20H31BrFNO/c1-6-9-15(10-7-2)23(19(24)14-20(4,5)8-3)16-11-12-18(22)17(21)13-16/h11-13,15H,6-10,14H2,1-5H3. The number of carbonyl (C=O) groups excluding carboxylic acids is 1. The number of hydrogen-bond donors (Lipinski definition) is 0. The number of carbonyl (C=O) groups is 1. The van der Waals surface area contributed by atoms with Gasteiger partial charge in [-0.1, -0.05) is 53.9 Å². The van der Waals surface area contributed by atoms with E-state index in [0.717, 1.165) is 37.8 Å². The molecular weight excluding hydrogens is 369 g/mol. The second-order valence-corrected chi connectivity index (χ2v) is 8.14. The first kappa shape index (κ1) is 21.1. The smallest absolute Gasteiger partial charge is 0.227 e. The molecule has 1 aromatic rings. The second kappa shape index (κ2) is 9.55. The number of rotatable bonds is 9. The molecule has 0 aliphatic carbocycles. The van der Waals surface area contributed by atoms with Crippen LogP contribution in [0.15, 0.2) is 22.7 Å². The summed E-state index contributed by atoms with van der Waals surface area (Å²) >= 11 is 3.25. The average molecular weight is 400 g/mol. The van der Waals surface area contributed by atoms with Crippen molar-refractivity contribution in [2.24, 2.45) is 5.41 Å². The minimum absolute atomic E-state index is 0.0322. The molecule has 0 fully saturated rings. The quantitative estimate of drug-likeness (QED) is 0.451. The second-order valence-electron chi connectivity index (χ2n) is 7.29. The largest absolute Gasteiger partial charge is 0.309 e. The number of halogens is 2. The molecule has 0 heterocycles. The lowest BCUT2D eigenvalue weighted by Gasteiger charge is -2.35. The Morgan fingerprint density at radius 1 is 1.21 bits per heavy atom. The molecule has 0 radical (unpaired) electrons. The molecule has 0 saturated carbocycles. The van der Waals surface area contributed by atoms with E-state index in [1.807, 2.05) is 4.90 Å². The molecule has 24 heavy (non-hydrogen) atoms. The third-order valence-corrected chi connectivity index (χ3v) is 5.25. The van der Waals surface area contributed by atoms with Crippen LogP contribution in [-0.4, -0.2) is 11.9 Å². The highest BCUT2D eigenvalue weighted by Gasteiger charge is 2.29. The first-order valence-electron chi connectivity index (χ1n) is 9.02. The zero-order valence-electron chi connectivity index (χ0n) is 15.7. The van der Waals surface area contributed by atoms with E-state index >= 15 is 0 Å². The normalized spacial score (nSPS) is 11.8. The molecule has 1 rings (SSSR count). The van der Waals surface area contributed by atoms with Crippen LogP contribution in [0, 0.1) is 11.2 Å². The van der Waals surface area contributed by atoms with Gasteiger partial charge in [0.2, 0.25) is 5.91 Å². The predicted octanol–water partition coefficient (Wildman–Crippen LogP) is 6.72. The summed E-state index contributed by atoms with van der Waals surface area (Å²) in [5.41, 5.74) is 0.752. The molecule has 1 amide bonds. The molecule has 2 nitrogen and oxygen atoms in total. The summed E-state index contributed by atoms with van der Waals surface area (Å²) < 4.78 is 14.0. The lowest BCUT2D eigenvalue weighted by molar-refractivity contribution is -0.121. The molecule has 136 valence electrons. The summed E-state index contributed by atoms with van der Waals surface area (Å²) in [4.78, 5) is 15.0. The molecule has 1 aromatic carbocycles. The Morgan fingerprint density at radius 3 is 2.25 bits per heavy atom. The van der Waals surface area contributed by atoms with E-state index in [0.29, 0.717) is 10.9 Å². The van der Waals surface area contributed by atoms with Gasteiger partial charge < -0.3 is 4.90 Å². The Morgan fingerprint density at radius 2 is 1.79 bits per heavy atom. The molecule has 0 atom stereocenters. The van der Waals surface area contributed by atoms with Gasteiger partial charge in [-0.2, -0.15) is 0 Å². The van der Waals surface area contributed by atoms with Crippen LogP contribution in [0.2, 0.25) is 0 Å². The molecule has 0 aliphatic heterocycles. The van der Waals surface area contributed by atoms with Crippen LogP contribution >= 0.6 is 15.9 Å². The molecule has 0 spiro atoms. The van der Waals surface area contributed by atoms with E-state index in [9.17, 15) is 9.18 Å². The van der Waals surface area contributed by atoms with E-state index in [1.54, 1.807) is 12.1 Å². The fourth-order valence-corrected chi connectivity index (χ4v) is 3.25. The van der Waals surface area contributed by atoms with Gasteiger partial charge in [0.15, 0.2) is 0 Å². The summed E-state index contributed by atoms with van der Waals surface area (Å²) in [7, 11) is 0. The lowest BCUT2D eigenvalue weighted by Crippen LogP contribution is -2.42. The zero-order chi connectivity index (χ0) is 18.3. The Balaban J connectivity index is 3.23. The zero-order valence-corrected chi connectivity index (χ0v) is 17.2. The van der Waals surface area contributed by atoms with E-state index in [-0.39, 0.29) is 23.2 Å². The maximum atomic E-state index is 13.6. The van der Waals surface area contributed by atoms with E-state index < -0.39 is 0 Å². The fraction of sp³-hybridized carbons (Fsp3) is 0.650. The van der Waals surface area contributed by atoms with Crippen molar-refractivity contribution < 1.29 is 9.18 Å². The van der Waals surface area contributed by atoms with Crippen LogP contribution in [0.3, 0.4) is 0 Å². The molecule has 0 bridgehead atoms. The average Bonchev–Trinajstić information content (AvgIpc) is 2.51. The van der Waals surface area contributed by atoms with Crippen molar-refractivity contribution in [2.75, 3.05) is 4.90 Å². The Labute approximate surface area is 154 Å². The maximum absolute atomic E-state index is 13.6. The summed E-state index contributed by atoms with van der Waals surface area (Å²) in [5.74, 6) is -0.171. The van der Waals surface area contributed by atoms with Crippen molar-refractivity contribution in [1.29, 1.82) is 0 Å². The van der Waals surface area contributed by atoms with E-state index in [2.05, 4.69) is 50.5 Å². The number of hydrogen-bond acceptors (Lipinski definition) is 1. The molecule has 0 saturated heterocycles. The summed E-state index contributed by atoms with van der Waals surface area (Å²) in [6.07, 6.45) is 5.42. The van der Waals surface area contributed by atoms with E-state index in [4.69, 9.17) is 0 Å². The van der Waals surface area contributed by atoms with Gasteiger partial charge in [0.05, 0.1) is 4.47 Å². The number of nitrogens with zero attached hydrogens (tertiary/aromatic N) is 1. The van der Waals surface area contributed by atoms with Crippen molar-refractivity contribution >= 4 is 27.5 Å². The third kappa shape index (κ3) is 5.87. The van der Waals surface area contributed by atoms with Gasteiger partial charge in [-0.05, 0) is 52.4 Å². The minimum atomic E-state index is -0.303. The highest BCUT2D eigenvalue weighted by Crippen LogP contribution is 2.31. The number of amides is 1. The minimum Gasteiger partial charge on any atom is -0.309 e. The first-order chi connectivity index (χ1) is 11.3. The topological polar surface area (TPSA) is 20.3 Å². The highest BCUT2D eigenvalue weighted by atomic mass is 79.9. The molecular formula is C20H31BrFNO. The van der Waals surface area contributed by atoms with Crippen LogP contribution in [0.5, 0.6) is 0 Å². The van der Waals surface area contributed by atoms with Gasteiger partial charge in [-0.25, -0.2) is 4.39 Å². The molecule has 0 aromatic heterocycles. The first-order valence-corrected chi connectivity index (χ1v) is 9.82. The van der Waals surface area contributed by atoms with Crippen LogP contribution in [0.25, 0.3) is 0 Å². The van der Waals surface area contributed by atoms with E-state index in [1.165, 1.54) is 6.07 Å². The van der Waals surface area contributed by atoms with Gasteiger partial charge in [0.25, 0.3) is 0 Å². The molecule has 0 N–H and O–H groups in total. The van der Waals surface area contributed by atoms with Crippen molar-refractivity contribution in [3.8, 4) is 0 Å². The molecule has 0 aliphatic rings. The van der Waals surface area contributed by atoms with Crippen molar-refractivity contribution in [1.82, 2.24) is 0 Å². The summed E-state index contributed by atoms with van der Waals surface area (Å²) in [6, 6.07) is 5.04. The van der Waals surface area contributed by atoms with Crippen LogP contribution in [-0.2, 0) is 4.79 Å². The third-order valence-electron chi connectivity index (χ3n) is 4.65. The van der Waals surface area contributed by atoms with Crippen LogP contribution in [0.1, 0.15) is 73.1 Å². The Bertz CT molecular complexity index is 538. The Hall–Kier alpha value is -0.900. The Kier molecular flexibility index (Phi) is 8.41. The van der Waals surface area contributed by atoms with Crippen LogP contribution < -0.4 is 4.90 Å². The van der Waals surface area contributed by atoms with Gasteiger partial charge >= 0.3 is 0 Å². The van der Waals surface area contributed by atoms with Gasteiger partial charge in [-0.15, -0.1) is 0 Å². The predicted molar refractivity (Wildman–Crippen MR) is 104 cm³/mol. The summed E-state index contributed by atoms with van der Waals surface area (Å²) in [5, 5.41) is 0. The van der Waals surface area contributed by atoms with Gasteiger partial charge in [0.1, 0.15) is 5.82 Å². The van der Waals surface area contributed by atoms with Crippen molar-refractivity contribution in [2.45, 2.75) is 79.2 Å². The number of anilines is 1. The lowest BCUT2D eigenvalue weighted by atomic mass is 9.85. The van der Waals surface area contributed by atoms with Gasteiger partial charge in [-0.3, -0.25) is 4.79 Å². The van der Waals surface area contributed by atoms with Crippen molar-refractivity contribution in [3.63, 3.8) is 0 Å². The van der Waals surface area contributed by atoms with Crippen molar-refractivity contribution in [3.05, 3.63) is 28.5 Å². The van der Waals surface area contributed by atoms with Crippen LogP contribution in [0.4, 0.5) is 10.1 Å². The summed E-state index contributed by atoms with van der Waals surface area (Å²) in [6.45, 7) is 10.6. The van der Waals surface area contributed by atoms with Gasteiger partial charge in [0, 0.05) is 18.2 Å². The SMILES string of the molecule is CCCC(CCC)N(C(=O)CC(C)(C)CC)c1ccc(F)c(Br)c1. The maximum Gasteiger partial charge on any atom is 0.227 e. The number of benzene rings is 1.